The smallest absolute Gasteiger partial charge is 0.193 e. The standard InChI is InChI=1S/C11H18N4S/c1-5-6-11(7-8-12,13-9-16)15-14-10(2,3)4/h5-7H2,1-4H3/b15-14+. The highest BCUT2D eigenvalue weighted by molar-refractivity contribution is 7.78. The van der Waals surface area contributed by atoms with E-state index in [9.17, 15) is 0 Å². The van der Waals surface area contributed by atoms with E-state index >= 15 is 0 Å². The lowest BCUT2D eigenvalue weighted by atomic mass is 10.0. The van der Waals surface area contributed by atoms with Gasteiger partial charge in [-0.05, 0) is 39.4 Å². The molecule has 0 aliphatic heterocycles. The summed E-state index contributed by atoms with van der Waals surface area (Å²) in [6.07, 6.45) is 1.71. The number of thiocarbonyl (C=S) groups is 1. The number of hydrogen-bond acceptors (Lipinski definition) is 5. The summed E-state index contributed by atoms with van der Waals surface area (Å²) in [5.41, 5.74) is -1.11. The number of hydrogen-bond donors (Lipinski definition) is 0. The molecule has 0 aromatic carbocycles. The van der Waals surface area contributed by atoms with Crippen molar-refractivity contribution in [3.8, 4) is 6.07 Å². The van der Waals surface area contributed by atoms with E-state index in [0.29, 0.717) is 6.42 Å². The molecule has 0 bridgehead atoms. The van der Waals surface area contributed by atoms with E-state index < -0.39 is 5.66 Å². The van der Waals surface area contributed by atoms with Gasteiger partial charge in [0.25, 0.3) is 0 Å². The average molecular weight is 238 g/mol. The third kappa shape index (κ3) is 5.69. The van der Waals surface area contributed by atoms with Crippen molar-refractivity contribution in [1.82, 2.24) is 0 Å². The first-order chi connectivity index (χ1) is 7.39. The van der Waals surface area contributed by atoms with Crippen LogP contribution in [0.2, 0.25) is 0 Å². The molecule has 0 aliphatic carbocycles. The lowest BCUT2D eigenvalue weighted by Gasteiger charge is -2.21. The Labute approximate surface area is 102 Å². The molecule has 1 atom stereocenters. The summed E-state index contributed by atoms with van der Waals surface area (Å²) in [4.78, 5) is 4.02. The van der Waals surface area contributed by atoms with Gasteiger partial charge >= 0.3 is 0 Å². The van der Waals surface area contributed by atoms with Crippen molar-refractivity contribution < 1.29 is 0 Å². The molecule has 0 aromatic rings. The Morgan fingerprint density at radius 3 is 2.25 bits per heavy atom. The van der Waals surface area contributed by atoms with Crippen molar-refractivity contribution in [3.63, 3.8) is 0 Å². The van der Waals surface area contributed by atoms with Crippen LogP contribution >= 0.6 is 12.2 Å². The Balaban J connectivity index is 5.11. The fourth-order valence-corrected chi connectivity index (χ4v) is 1.32. The normalized spacial score (nSPS) is 15.2. The summed E-state index contributed by atoms with van der Waals surface area (Å²) in [6.45, 7) is 7.85. The van der Waals surface area contributed by atoms with Crippen LogP contribution in [0.1, 0.15) is 47.0 Å². The van der Waals surface area contributed by atoms with E-state index in [-0.39, 0.29) is 12.0 Å². The number of rotatable bonds is 5. The van der Waals surface area contributed by atoms with Gasteiger partial charge in [0.1, 0.15) is 0 Å². The van der Waals surface area contributed by atoms with Crippen molar-refractivity contribution in [2.24, 2.45) is 15.2 Å². The third-order valence-electron chi connectivity index (χ3n) is 1.80. The molecule has 16 heavy (non-hydrogen) atoms. The van der Waals surface area contributed by atoms with Crippen LogP contribution in [-0.2, 0) is 0 Å². The topological polar surface area (TPSA) is 60.9 Å². The van der Waals surface area contributed by atoms with E-state index in [1.165, 1.54) is 0 Å². The number of azo groups is 1. The molecule has 0 radical (unpaired) electrons. The minimum absolute atomic E-state index is 0.185. The molecule has 0 fully saturated rings. The van der Waals surface area contributed by atoms with E-state index in [4.69, 9.17) is 5.26 Å². The molecule has 0 amide bonds. The monoisotopic (exact) mass is 238 g/mol. The second kappa shape index (κ2) is 6.47. The number of aliphatic imine (C=N–C) groups is 1. The van der Waals surface area contributed by atoms with E-state index in [1.54, 1.807) is 0 Å². The zero-order chi connectivity index (χ0) is 12.7. The average Bonchev–Trinajstić information content (AvgIpc) is 2.15. The molecule has 0 aromatic heterocycles. The highest BCUT2D eigenvalue weighted by atomic mass is 32.1. The van der Waals surface area contributed by atoms with Crippen molar-refractivity contribution in [2.75, 3.05) is 0 Å². The van der Waals surface area contributed by atoms with Gasteiger partial charge in [-0.25, -0.2) is 0 Å². The summed E-state index contributed by atoms with van der Waals surface area (Å²) in [5, 5.41) is 19.5. The second-order valence-electron chi connectivity index (χ2n) is 4.64. The Bertz CT molecular complexity index is 331. The summed E-state index contributed by atoms with van der Waals surface area (Å²) in [7, 11) is 0. The molecule has 0 spiro atoms. The van der Waals surface area contributed by atoms with Gasteiger partial charge < -0.3 is 0 Å². The number of isothiocyanates is 1. The lowest BCUT2D eigenvalue weighted by Crippen LogP contribution is -2.24. The molecule has 0 rings (SSSR count). The van der Waals surface area contributed by atoms with E-state index in [0.717, 1.165) is 6.42 Å². The Morgan fingerprint density at radius 1 is 1.25 bits per heavy atom. The van der Waals surface area contributed by atoms with Gasteiger partial charge in [0.2, 0.25) is 0 Å². The van der Waals surface area contributed by atoms with Crippen LogP contribution in [0.3, 0.4) is 0 Å². The first-order valence-corrected chi connectivity index (χ1v) is 5.70. The largest absolute Gasteiger partial charge is 0.199 e. The van der Waals surface area contributed by atoms with E-state index in [2.05, 4.69) is 38.7 Å². The molecule has 0 aliphatic rings. The molecular weight excluding hydrogens is 220 g/mol. The zero-order valence-corrected chi connectivity index (χ0v) is 11.1. The van der Waals surface area contributed by atoms with E-state index in [1.807, 2.05) is 27.7 Å². The predicted octanol–water partition coefficient (Wildman–Crippen LogP) is 3.75. The molecule has 0 N–H and O–H groups in total. The molecule has 0 saturated carbocycles. The summed E-state index contributed by atoms with van der Waals surface area (Å²) < 4.78 is 0. The van der Waals surface area contributed by atoms with Gasteiger partial charge in [-0.15, -0.1) is 0 Å². The quantitative estimate of drug-likeness (QED) is 0.416. The van der Waals surface area contributed by atoms with Crippen LogP contribution in [0.25, 0.3) is 0 Å². The zero-order valence-electron chi connectivity index (χ0n) is 10.3. The van der Waals surface area contributed by atoms with Crippen LogP contribution in [0, 0.1) is 11.3 Å². The minimum Gasteiger partial charge on any atom is -0.199 e. The fourth-order valence-electron chi connectivity index (χ4n) is 1.15. The van der Waals surface area contributed by atoms with Gasteiger partial charge in [-0.3, -0.25) is 0 Å². The Morgan fingerprint density at radius 2 is 1.88 bits per heavy atom. The number of nitrogens with zero attached hydrogens (tertiary/aromatic N) is 4. The van der Waals surface area contributed by atoms with Crippen LogP contribution < -0.4 is 0 Å². The van der Waals surface area contributed by atoms with Gasteiger partial charge in [-0.1, -0.05) is 13.3 Å². The second-order valence-corrected chi connectivity index (χ2v) is 4.82. The number of nitriles is 1. The van der Waals surface area contributed by atoms with Gasteiger partial charge in [0.05, 0.1) is 23.2 Å². The van der Waals surface area contributed by atoms with Crippen molar-refractivity contribution in [2.45, 2.75) is 58.2 Å². The first kappa shape index (κ1) is 14.9. The highest BCUT2D eigenvalue weighted by Gasteiger charge is 2.28. The maximum absolute atomic E-state index is 8.81. The van der Waals surface area contributed by atoms with Gasteiger partial charge in [0, 0.05) is 0 Å². The minimum atomic E-state index is -0.835. The SMILES string of the molecule is CCCC(CC#N)(N=C=S)/N=N/C(C)(C)C. The maximum Gasteiger partial charge on any atom is 0.193 e. The fraction of sp³-hybridized carbons (Fsp3) is 0.818. The van der Waals surface area contributed by atoms with Crippen LogP contribution in [-0.4, -0.2) is 16.4 Å². The Hall–Kier alpha value is -1.11. The van der Waals surface area contributed by atoms with Gasteiger partial charge in [0.15, 0.2) is 5.66 Å². The molecule has 0 heterocycles. The molecule has 0 saturated heterocycles. The van der Waals surface area contributed by atoms with Crippen molar-refractivity contribution >= 4 is 17.4 Å². The first-order valence-electron chi connectivity index (χ1n) is 5.29. The molecule has 1 unspecified atom stereocenters. The summed E-state index contributed by atoms with van der Waals surface area (Å²) in [6, 6.07) is 2.08. The van der Waals surface area contributed by atoms with Crippen LogP contribution in [0.4, 0.5) is 0 Å². The molecular formula is C11H18N4S. The maximum atomic E-state index is 8.81. The van der Waals surface area contributed by atoms with Crippen LogP contribution in [0.15, 0.2) is 15.2 Å². The summed E-state index contributed by atoms with van der Waals surface area (Å²) >= 11 is 4.61. The van der Waals surface area contributed by atoms with Crippen molar-refractivity contribution in [3.05, 3.63) is 0 Å². The van der Waals surface area contributed by atoms with Crippen LogP contribution in [0.5, 0.6) is 0 Å². The Kier molecular flexibility index (Phi) is 6.02. The molecule has 88 valence electrons. The lowest BCUT2D eigenvalue weighted by molar-refractivity contribution is 0.374. The van der Waals surface area contributed by atoms with Gasteiger partial charge in [-0.2, -0.15) is 20.5 Å². The third-order valence-corrected chi connectivity index (χ3v) is 1.89. The van der Waals surface area contributed by atoms with Crippen molar-refractivity contribution in [1.29, 1.82) is 5.26 Å². The molecule has 4 nitrogen and oxygen atoms in total. The highest BCUT2D eigenvalue weighted by Crippen LogP contribution is 2.26. The summed E-state index contributed by atoms with van der Waals surface area (Å²) in [5.74, 6) is 0. The predicted molar refractivity (Wildman–Crippen MR) is 67.5 cm³/mol. The molecule has 5 heteroatoms.